The molecule has 8 aromatic heterocycles. The van der Waals surface area contributed by atoms with Crippen LogP contribution in [-0.4, -0.2) is 17.6 Å². The van der Waals surface area contributed by atoms with Crippen LogP contribution in [0, 0.1) is 0 Å². The highest BCUT2D eigenvalue weighted by molar-refractivity contribution is 6.32. The Bertz CT molecular complexity index is 7910. The molecular formula is C114H108N6. The van der Waals surface area contributed by atoms with Gasteiger partial charge in [0.25, 0.3) is 0 Å². The van der Waals surface area contributed by atoms with Crippen molar-refractivity contribution >= 4 is 187 Å². The fourth-order valence-electron chi connectivity index (χ4n) is 20.9. The quantitative estimate of drug-likeness (QED) is 0.122. The predicted molar refractivity (Wildman–Crippen MR) is 519 cm³/mol. The normalized spacial score (nSPS) is 13.8. The van der Waals surface area contributed by atoms with E-state index in [1.807, 2.05) is 0 Å². The molecule has 0 amide bonds. The molecule has 0 aliphatic rings. The molecule has 0 bridgehead atoms. The summed E-state index contributed by atoms with van der Waals surface area (Å²) < 4.78 is 10.5. The van der Waals surface area contributed by atoms with Gasteiger partial charge in [-0.05, 0) is 272 Å². The molecule has 6 nitrogen and oxygen atoms in total. The van der Waals surface area contributed by atoms with Gasteiger partial charge in [0.1, 0.15) is 0 Å². The molecule has 0 radical (unpaired) electrons. The van der Waals surface area contributed by atoms with Crippen molar-refractivity contribution in [2.45, 2.75) is 196 Å². The first-order valence-electron chi connectivity index (χ1n) is 43.9. The number of nitrogens with zero attached hydrogens (tertiary/aromatic N) is 6. The van der Waals surface area contributed by atoms with Crippen molar-refractivity contribution in [2.24, 2.45) is 0 Å². The second kappa shape index (κ2) is 25.2. The Kier molecular flexibility index (Phi) is 15.6. The molecule has 1 unspecified atom stereocenters. The molecule has 0 saturated carbocycles. The van der Waals surface area contributed by atoms with Crippen molar-refractivity contribution in [1.82, 2.24) is 17.6 Å². The van der Waals surface area contributed by atoms with Gasteiger partial charge in [-0.15, -0.1) is 0 Å². The van der Waals surface area contributed by atoms with Gasteiger partial charge in [0.2, 0.25) is 0 Å². The lowest BCUT2D eigenvalue weighted by atomic mass is 9.77. The second-order valence-corrected chi connectivity index (χ2v) is 41.9. The van der Waals surface area contributed by atoms with Gasteiger partial charge in [-0.25, -0.2) is 0 Å². The third-order valence-electron chi connectivity index (χ3n) is 28.2. The Morgan fingerprint density at radius 3 is 0.817 bits per heavy atom. The Balaban J connectivity index is 0.661. The maximum absolute atomic E-state index is 2.63. The van der Waals surface area contributed by atoms with Gasteiger partial charge in [-0.1, -0.05) is 223 Å². The molecule has 1 atom stereocenters. The Morgan fingerprint density at radius 2 is 0.492 bits per heavy atom. The fourth-order valence-corrected chi connectivity index (χ4v) is 20.9. The highest BCUT2D eigenvalue weighted by atomic mass is 15.2. The largest absolute Gasteiger partial charge is 0.310 e. The van der Waals surface area contributed by atoms with Crippen LogP contribution < -0.4 is 9.80 Å². The van der Waals surface area contributed by atoms with Crippen LogP contribution in [0.3, 0.4) is 0 Å². The van der Waals surface area contributed by atoms with E-state index in [2.05, 4.69) is 421 Å². The maximum Gasteiger partial charge on any atom is 0.0620 e. The lowest BCUT2D eigenvalue weighted by molar-refractivity contribution is 0.440. The molecule has 8 heterocycles. The molecule has 0 N–H and O–H groups in total. The third-order valence-corrected chi connectivity index (χ3v) is 28.2. The van der Waals surface area contributed by atoms with Gasteiger partial charge in [-0.3, -0.25) is 0 Å². The van der Waals surface area contributed by atoms with E-state index in [4.69, 9.17) is 0 Å². The van der Waals surface area contributed by atoms with E-state index in [9.17, 15) is 0 Å². The first-order chi connectivity index (χ1) is 57.1. The lowest BCUT2D eigenvalue weighted by Crippen LogP contribution is -2.18. The van der Waals surface area contributed by atoms with Crippen LogP contribution in [0.2, 0.25) is 0 Å². The number of anilines is 6. The Hall–Kier alpha value is -12.1. The van der Waals surface area contributed by atoms with Gasteiger partial charge < -0.3 is 27.4 Å². The van der Waals surface area contributed by atoms with Gasteiger partial charge >= 0.3 is 0 Å². The summed E-state index contributed by atoms with van der Waals surface area (Å²) in [7, 11) is 0. The molecule has 0 spiro atoms. The summed E-state index contributed by atoms with van der Waals surface area (Å²) in [5, 5.41) is 21.0. The van der Waals surface area contributed by atoms with Crippen LogP contribution >= 0.6 is 0 Å². The second-order valence-electron chi connectivity index (χ2n) is 41.9. The molecular weight excluding hydrogens is 1450 g/mol. The molecule has 0 fully saturated rings. The number of hydrogen-bond donors (Lipinski definition) is 0. The number of fused-ring (bicyclic) bond motifs is 24. The van der Waals surface area contributed by atoms with E-state index >= 15 is 0 Å². The summed E-state index contributed by atoms with van der Waals surface area (Å²) in [5.41, 5.74) is 32.5. The summed E-state index contributed by atoms with van der Waals surface area (Å²) in [5.74, 6) is 0.702. The maximum atomic E-state index is 2.63. The summed E-state index contributed by atoms with van der Waals surface area (Å²) in [4.78, 5) is 4.91. The minimum atomic E-state index is -0.185. The molecule has 0 aliphatic carbocycles. The zero-order chi connectivity index (χ0) is 83.0. The summed E-state index contributed by atoms with van der Waals surface area (Å²) >= 11 is 0. The number of benzene rings is 14. The van der Waals surface area contributed by atoms with Crippen molar-refractivity contribution in [3.05, 3.63) is 299 Å². The molecule has 594 valence electrons. The number of rotatable bonds is 12. The van der Waals surface area contributed by atoms with E-state index in [0.717, 1.165) is 47.0 Å². The first-order valence-corrected chi connectivity index (χ1v) is 43.9. The lowest BCUT2D eigenvalue weighted by Gasteiger charge is -2.28. The van der Waals surface area contributed by atoms with Crippen molar-refractivity contribution in [2.75, 3.05) is 9.80 Å². The third kappa shape index (κ3) is 11.0. The van der Waals surface area contributed by atoms with E-state index in [-0.39, 0.29) is 32.5 Å². The van der Waals surface area contributed by atoms with Crippen molar-refractivity contribution in [3.63, 3.8) is 0 Å². The molecule has 0 aliphatic heterocycles. The number of para-hydroxylation sites is 2. The molecule has 22 aromatic rings. The zero-order valence-electron chi connectivity index (χ0n) is 73.5. The SMILES string of the molecule is CC(C)c1ccc(N(c2ccc(C(C)CCC(C)(C)c3cc4c5ccc(N(c6ccccc6)c6ccccc6)cc5n5c6cc7c8cc(C(C)(C)C)cc9c%10cc(C(C)(C)C)ccc%10n(c7cc6c(c3)c45)c98)cc2)c2ccc3c4cc(C(C)(C)C)cc5c6cc7c(cc6n(c3c2)c45)c2cc(C(C)(C)C)cc3c4cc(C(C)(C)C)ccc4n7c32)cc1. The topological polar surface area (TPSA) is 24.1 Å². The van der Waals surface area contributed by atoms with Gasteiger partial charge in [0, 0.05) is 120 Å². The molecule has 22 rings (SSSR count). The number of hydrogen-bond acceptors (Lipinski definition) is 2. The molecule has 0 saturated heterocycles. The first kappa shape index (κ1) is 74.2. The minimum Gasteiger partial charge on any atom is -0.310 e. The zero-order valence-corrected chi connectivity index (χ0v) is 73.5. The standard InChI is InChI=1S/C114H108N6/c1-65(2)67-31-37-77(38-32-67)116(80-42-43-81-89-51-71(111(10,11)12)54-93-87-61-101-85(63-103(87)119(105(89)93)99(81)60-80)94-55-72(112(13,14)15)52-91-83-49-69(109(4,5)6)35-45-97(83)117(101)107(91)94)78-39-33-68(34-40-78)66(3)47-48-114(19,20)74-57-90-82-44-41-79(115(75-27-23-21-24-28-75)76-29-25-22-26-30-76)59-100(82)120-104-64-86-95-56-73(113(16,17)18)53-92-84-50-70(110(7,8)9)36-46-98(84)118(108(92)95)102(86)62-88(104)96(58-74)106(90)120/h21-46,49-66H,47-48H2,1-20H3. The smallest absolute Gasteiger partial charge is 0.0620 e. The van der Waals surface area contributed by atoms with E-state index in [1.165, 1.54) is 197 Å². The van der Waals surface area contributed by atoms with E-state index in [0.29, 0.717) is 11.8 Å². The van der Waals surface area contributed by atoms with Crippen LogP contribution in [0.5, 0.6) is 0 Å². The highest BCUT2D eigenvalue weighted by Gasteiger charge is 2.34. The molecule has 120 heavy (non-hydrogen) atoms. The molecule has 14 aromatic carbocycles. The van der Waals surface area contributed by atoms with Crippen LogP contribution in [0.25, 0.3) is 152 Å². The van der Waals surface area contributed by atoms with E-state index < -0.39 is 0 Å². The van der Waals surface area contributed by atoms with Gasteiger partial charge in [-0.2, -0.15) is 0 Å². The van der Waals surface area contributed by atoms with Crippen LogP contribution in [0.4, 0.5) is 34.1 Å². The average Bonchev–Trinajstić information content (AvgIpc) is 1.51. The average molecular weight is 1560 g/mol. The fraction of sp³-hybridized carbons (Fsp3) is 0.263. The minimum absolute atomic E-state index is 0.0106. The monoisotopic (exact) mass is 1560 g/mol. The van der Waals surface area contributed by atoms with Crippen molar-refractivity contribution in [3.8, 4) is 0 Å². The van der Waals surface area contributed by atoms with Crippen molar-refractivity contribution in [1.29, 1.82) is 0 Å². The highest BCUT2D eigenvalue weighted by Crippen LogP contribution is 2.53. The van der Waals surface area contributed by atoms with Gasteiger partial charge in [0.15, 0.2) is 0 Å². The van der Waals surface area contributed by atoms with Crippen LogP contribution in [-0.2, 0) is 32.5 Å². The van der Waals surface area contributed by atoms with Crippen LogP contribution in [0.1, 0.15) is 208 Å². The van der Waals surface area contributed by atoms with Gasteiger partial charge in [0.05, 0.1) is 66.2 Å². The summed E-state index contributed by atoms with van der Waals surface area (Å²) in [6, 6.07) is 100. The Labute approximate surface area is 704 Å². The summed E-state index contributed by atoms with van der Waals surface area (Å²) in [6.45, 7) is 47.4. The van der Waals surface area contributed by atoms with Crippen LogP contribution in [0.15, 0.2) is 255 Å². The summed E-state index contributed by atoms with van der Waals surface area (Å²) in [6.07, 6.45) is 2.02. The number of aromatic nitrogens is 4. The molecule has 6 heteroatoms. The predicted octanol–water partition coefficient (Wildman–Crippen LogP) is 32.7. The van der Waals surface area contributed by atoms with E-state index in [1.54, 1.807) is 0 Å². The Morgan fingerprint density at radius 1 is 0.225 bits per heavy atom. The van der Waals surface area contributed by atoms with Crippen molar-refractivity contribution < 1.29 is 0 Å².